The summed E-state index contributed by atoms with van der Waals surface area (Å²) in [5.74, 6) is 0.793. The monoisotopic (exact) mass is 405 g/mol. The fourth-order valence-electron chi connectivity index (χ4n) is 2.57. The predicted octanol–water partition coefficient (Wildman–Crippen LogP) is 5.32. The average molecular weight is 406 g/mol. The molecule has 4 aromatic rings. The third-order valence-corrected chi connectivity index (χ3v) is 4.27. The fraction of sp³-hybridized carbons (Fsp3) is 0. The highest BCUT2D eigenvalue weighted by Crippen LogP contribution is 2.23. The second-order valence-electron chi connectivity index (χ2n) is 5.99. The molecular weight excluding hydrogens is 390 g/mol. The number of rotatable bonds is 5. The van der Waals surface area contributed by atoms with Gasteiger partial charge in [0.2, 0.25) is 5.95 Å². The third kappa shape index (κ3) is 4.53. The number of hydrogen-bond acceptors (Lipinski definition) is 4. The van der Waals surface area contributed by atoms with Crippen LogP contribution in [0, 0.1) is 0 Å². The van der Waals surface area contributed by atoms with E-state index < -0.39 is 6.03 Å². The minimum atomic E-state index is -0.495. The van der Waals surface area contributed by atoms with Gasteiger partial charge in [0, 0.05) is 0 Å². The molecular formula is C21H16ClN5O2. The van der Waals surface area contributed by atoms with Crippen LogP contribution in [0.3, 0.4) is 0 Å². The van der Waals surface area contributed by atoms with Crippen molar-refractivity contribution in [3.05, 3.63) is 89.8 Å². The standard InChI is InChI=1S/C21H16ClN5O2/c22-16-9-4-5-10-17(16)25-21(28)26-20-24-18(19-11-6-12-29-19)14-27(20)23-13-15-7-2-1-3-8-15/h1-14H,(H2,24,25,26,28)/b23-13+. The fourth-order valence-corrected chi connectivity index (χ4v) is 2.76. The molecule has 0 spiro atoms. The first kappa shape index (κ1) is 18.5. The maximum Gasteiger partial charge on any atom is 0.326 e. The molecule has 29 heavy (non-hydrogen) atoms. The summed E-state index contributed by atoms with van der Waals surface area (Å²) < 4.78 is 6.86. The zero-order chi connectivity index (χ0) is 20.1. The lowest BCUT2D eigenvalue weighted by Gasteiger charge is -2.08. The summed E-state index contributed by atoms with van der Waals surface area (Å²) in [4.78, 5) is 16.9. The van der Waals surface area contributed by atoms with Crippen molar-refractivity contribution in [3.8, 4) is 11.5 Å². The summed E-state index contributed by atoms with van der Waals surface area (Å²) in [5, 5.41) is 10.2. The Morgan fingerprint density at radius 2 is 1.83 bits per heavy atom. The van der Waals surface area contributed by atoms with Crippen molar-refractivity contribution in [2.24, 2.45) is 5.10 Å². The second kappa shape index (κ2) is 8.45. The molecule has 2 aromatic heterocycles. The Labute approximate surface area is 171 Å². The van der Waals surface area contributed by atoms with E-state index in [1.54, 1.807) is 55.1 Å². The van der Waals surface area contributed by atoms with Crippen molar-refractivity contribution in [2.75, 3.05) is 10.6 Å². The largest absolute Gasteiger partial charge is 0.463 e. The van der Waals surface area contributed by atoms with E-state index in [-0.39, 0.29) is 5.95 Å². The molecule has 144 valence electrons. The van der Waals surface area contributed by atoms with Crippen LogP contribution in [-0.4, -0.2) is 21.9 Å². The van der Waals surface area contributed by atoms with Crippen molar-refractivity contribution in [3.63, 3.8) is 0 Å². The van der Waals surface area contributed by atoms with Gasteiger partial charge < -0.3 is 9.73 Å². The SMILES string of the molecule is O=C(Nc1ccccc1Cl)Nc1nc(-c2ccco2)cn1/N=C/c1ccccc1. The van der Waals surface area contributed by atoms with E-state index in [9.17, 15) is 4.79 Å². The first-order chi connectivity index (χ1) is 14.2. The Morgan fingerprint density at radius 3 is 2.59 bits per heavy atom. The number of anilines is 2. The predicted molar refractivity (Wildman–Crippen MR) is 113 cm³/mol. The minimum absolute atomic E-state index is 0.230. The van der Waals surface area contributed by atoms with Gasteiger partial charge in [0.1, 0.15) is 5.69 Å². The van der Waals surface area contributed by atoms with Gasteiger partial charge in [0.05, 0.1) is 29.4 Å². The van der Waals surface area contributed by atoms with E-state index in [1.807, 2.05) is 30.3 Å². The smallest absolute Gasteiger partial charge is 0.326 e. The summed E-state index contributed by atoms with van der Waals surface area (Å²) in [6.07, 6.45) is 4.90. The molecule has 0 unspecified atom stereocenters. The van der Waals surface area contributed by atoms with Gasteiger partial charge in [-0.1, -0.05) is 54.1 Å². The van der Waals surface area contributed by atoms with E-state index in [4.69, 9.17) is 16.0 Å². The van der Waals surface area contributed by atoms with Crippen LogP contribution in [0.25, 0.3) is 11.5 Å². The zero-order valence-corrected chi connectivity index (χ0v) is 15.9. The molecule has 2 amide bonds. The number of nitrogens with one attached hydrogen (secondary N) is 2. The molecule has 2 aromatic carbocycles. The number of nitrogens with zero attached hydrogens (tertiary/aromatic N) is 3. The Kier molecular flexibility index (Phi) is 5.40. The number of benzene rings is 2. The second-order valence-corrected chi connectivity index (χ2v) is 6.39. The number of urea groups is 1. The average Bonchev–Trinajstić information content (AvgIpc) is 3.39. The molecule has 0 aliphatic rings. The number of hydrogen-bond donors (Lipinski definition) is 2. The van der Waals surface area contributed by atoms with Gasteiger partial charge in [-0.15, -0.1) is 0 Å². The number of halogens is 1. The number of furan rings is 1. The summed E-state index contributed by atoms with van der Waals surface area (Å²) >= 11 is 6.09. The van der Waals surface area contributed by atoms with Crippen LogP contribution in [0.1, 0.15) is 5.56 Å². The van der Waals surface area contributed by atoms with Crippen LogP contribution in [-0.2, 0) is 0 Å². The highest BCUT2D eigenvalue weighted by atomic mass is 35.5. The molecule has 0 saturated carbocycles. The van der Waals surface area contributed by atoms with E-state index in [2.05, 4.69) is 20.7 Å². The van der Waals surface area contributed by atoms with Crippen LogP contribution in [0.15, 0.2) is 88.7 Å². The first-order valence-corrected chi connectivity index (χ1v) is 9.12. The summed E-state index contributed by atoms with van der Waals surface area (Å²) in [7, 11) is 0. The number of amides is 2. The molecule has 2 heterocycles. The minimum Gasteiger partial charge on any atom is -0.463 e. The summed E-state index contributed by atoms with van der Waals surface area (Å²) in [5.41, 5.74) is 1.93. The molecule has 7 nitrogen and oxygen atoms in total. The number of imidazole rings is 1. The van der Waals surface area contributed by atoms with Crippen molar-refractivity contribution < 1.29 is 9.21 Å². The number of carbonyl (C=O) groups is 1. The Bertz CT molecular complexity index is 1140. The molecule has 0 fully saturated rings. The Hall–Kier alpha value is -3.84. The van der Waals surface area contributed by atoms with Crippen LogP contribution in [0.2, 0.25) is 5.02 Å². The molecule has 0 aliphatic heterocycles. The van der Waals surface area contributed by atoms with Crippen LogP contribution in [0.5, 0.6) is 0 Å². The van der Waals surface area contributed by atoms with E-state index in [1.165, 1.54) is 4.68 Å². The maximum absolute atomic E-state index is 12.4. The van der Waals surface area contributed by atoms with Gasteiger partial charge in [0.15, 0.2) is 5.76 Å². The highest BCUT2D eigenvalue weighted by molar-refractivity contribution is 6.33. The maximum atomic E-state index is 12.4. The van der Waals surface area contributed by atoms with Gasteiger partial charge in [-0.2, -0.15) is 5.10 Å². The van der Waals surface area contributed by atoms with Crippen molar-refractivity contribution >= 4 is 35.5 Å². The molecule has 0 atom stereocenters. The quantitative estimate of drug-likeness (QED) is 0.440. The Morgan fingerprint density at radius 1 is 1.03 bits per heavy atom. The topological polar surface area (TPSA) is 84.5 Å². The Balaban J connectivity index is 1.59. The number of para-hydroxylation sites is 1. The third-order valence-electron chi connectivity index (χ3n) is 3.94. The van der Waals surface area contributed by atoms with Crippen LogP contribution >= 0.6 is 11.6 Å². The van der Waals surface area contributed by atoms with Gasteiger partial charge in [-0.3, -0.25) is 5.32 Å². The van der Waals surface area contributed by atoms with E-state index in [0.717, 1.165) is 5.56 Å². The molecule has 0 aliphatic carbocycles. The first-order valence-electron chi connectivity index (χ1n) is 8.74. The lowest BCUT2D eigenvalue weighted by atomic mass is 10.2. The van der Waals surface area contributed by atoms with Gasteiger partial charge in [-0.05, 0) is 29.8 Å². The summed E-state index contributed by atoms with van der Waals surface area (Å²) in [6.45, 7) is 0. The summed E-state index contributed by atoms with van der Waals surface area (Å²) in [6, 6.07) is 19.6. The van der Waals surface area contributed by atoms with Gasteiger partial charge in [-0.25, -0.2) is 14.5 Å². The van der Waals surface area contributed by atoms with Crippen LogP contribution in [0.4, 0.5) is 16.4 Å². The lowest BCUT2D eigenvalue weighted by Crippen LogP contribution is -2.21. The normalized spacial score (nSPS) is 10.9. The number of aromatic nitrogens is 2. The van der Waals surface area contributed by atoms with Crippen molar-refractivity contribution in [2.45, 2.75) is 0 Å². The van der Waals surface area contributed by atoms with E-state index >= 15 is 0 Å². The van der Waals surface area contributed by atoms with Gasteiger partial charge >= 0.3 is 6.03 Å². The molecule has 0 radical (unpaired) electrons. The number of carbonyl (C=O) groups excluding carboxylic acids is 1. The highest BCUT2D eigenvalue weighted by Gasteiger charge is 2.14. The molecule has 2 N–H and O–H groups in total. The van der Waals surface area contributed by atoms with Crippen molar-refractivity contribution in [1.29, 1.82) is 0 Å². The molecule has 4 rings (SSSR count). The molecule has 8 heteroatoms. The van der Waals surface area contributed by atoms with Gasteiger partial charge in [0.25, 0.3) is 0 Å². The van der Waals surface area contributed by atoms with E-state index in [0.29, 0.717) is 22.2 Å². The lowest BCUT2D eigenvalue weighted by molar-refractivity contribution is 0.262. The zero-order valence-electron chi connectivity index (χ0n) is 15.1. The molecule has 0 bridgehead atoms. The molecule has 0 saturated heterocycles. The van der Waals surface area contributed by atoms with Crippen LogP contribution < -0.4 is 10.6 Å². The van der Waals surface area contributed by atoms with Crippen molar-refractivity contribution in [1.82, 2.24) is 9.66 Å².